The molecule has 2 heterocycles. The number of halogens is 1. The molecule has 5 heteroatoms. The molecule has 0 spiro atoms. The Labute approximate surface area is 103 Å². The normalized spacial score (nSPS) is 11.7. The Morgan fingerprint density at radius 3 is 3.06 bits per heavy atom. The number of benzene rings is 1. The van der Waals surface area contributed by atoms with E-state index in [9.17, 15) is 0 Å². The fraction of sp³-hybridized carbons (Fsp3) is 0.250. The number of aryl methyl sites for hydroxylation is 1. The van der Waals surface area contributed by atoms with Crippen LogP contribution in [0.2, 0.25) is 5.02 Å². The first kappa shape index (κ1) is 10.6. The summed E-state index contributed by atoms with van der Waals surface area (Å²) >= 11 is 6.08. The molecule has 3 N–H and O–H groups in total. The Morgan fingerprint density at radius 2 is 2.29 bits per heavy atom. The second-order valence-corrected chi connectivity index (χ2v) is 4.65. The summed E-state index contributed by atoms with van der Waals surface area (Å²) < 4.78 is 2.03. The van der Waals surface area contributed by atoms with Crippen LogP contribution in [0.25, 0.3) is 16.8 Å². The van der Waals surface area contributed by atoms with Crippen molar-refractivity contribution in [3.63, 3.8) is 0 Å². The molecule has 0 radical (unpaired) electrons. The first-order valence-corrected chi connectivity index (χ1v) is 5.92. The molecule has 3 rings (SSSR count). The lowest BCUT2D eigenvalue weighted by Gasteiger charge is -1.97. The molecule has 2 aromatic heterocycles. The minimum atomic E-state index is 0.626. The van der Waals surface area contributed by atoms with Crippen LogP contribution >= 0.6 is 11.6 Å². The minimum Gasteiger partial charge on any atom is -0.330 e. The summed E-state index contributed by atoms with van der Waals surface area (Å²) in [6, 6.07) is 3.86. The number of aromatic nitrogens is 3. The summed E-state index contributed by atoms with van der Waals surface area (Å²) in [5.74, 6) is 0.841. The SMILES string of the molecule is Cc1cc(Cl)cc2c1nc1[nH]c(CCN)cn12. The summed E-state index contributed by atoms with van der Waals surface area (Å²) in [6.07, 6.45) is 2.86. The van der Waals surface area contributed by atoms with Gasteiger partial charge < -0.3 is 10.7 Å². The summed E-state index contributed by atoms with van der Waals surface area (Å²) in [5, 5.41) is 0.735. The van der Waals surface area contributed by atoms with Gasteiger partial charge in [-0.25, -0.2) is 4.98 Å². The van der Waals surface area contributed by atoms with E-state index in [4.69, 9.17) is 17.3 Å². The van der Waals surface area contributed by atoms with Crippen molar-refractivity contribution in [2.75, 3.05) is 6.54 Å². The number of H-pyrrole nitrogens is 1. The number of aromatic amines is 1. The Hall–Kier alpha value is -1.52. The number of fused-ring (bicyclic) bond motifs is 3. The molecule has 3 aromatic rings. The van der Waals surface area contributed by atoms with E-state index in [-0.39, 0.29) is 0 Å². The van der Waals surface area contributed by atoms with Gasteiger partial charge in [-0.2, -0.15) is 0 Å². The predicted octanol–water partition coefficient (Wildman–Crippen LogP) is 2.28. The molecule has 0 aliphatic heterocycles. The molecule has 0 amide bonds. The van der Waals surface area contributed by atoms with Crippen molar-refractivity contribution in [3.8, 4) is 0 Å². The monoisotopic (exact) mass is 248 g/mol. The summed E-state index contributed by atoms with van der Waals surface area (Å²) in [5.41, 5.74) is 9.74. The summed E-state index contributed by atoms with van der Waals surface area (Å²) in [7, 11) is 0. The largest absolute Gasteiger partial charge is 0.330 e. The molecule has 0 saturated carbocycles. The van der Waals surface area contributed by atoms with Crippen molar-refractivity contribution in [1.29, 1.82) is 0 Å². The van der Waals surface area contributed by atoms with Crippen molar-refractivity contribution in [2.24, 2.45) is 5.73 Å². The number of imidazole rings is 2. The molecule has 0 unspecified atom stereocenters. The Morgan fingerprint density at radius 1 is 1.47 bits per heavy atom. The first-order chi connectivity index (χ1) is 8.19. The molecule has 0 fully saturated rings. The fourth-order valence-electron chi connectivity index (χ4n) is 2.15. The van der Waals surface area contributed by atoms with Crippen LogP contribution in [0.5, 0.6) is 0 Å². The van der Waals surface area contributed by atoms with E-state index in [0.29, 0.717) is 6.54 Å². The van der Waals surface area contributed by atoms with Gasteiger partial charge in [-0.15, -0.1) is 0 Å². The van der Waals surface area contributed by atoms with Gasteiger partial charge in [0.2, 0.25) is 5.78 Å². The Bertz CT molecular complexity index is 695. The number of nitrogens with one attached hydrogen (secondary N) is 1. The number of hydrogen-bond acceptors (Lipinski definition) is 2. The lowest BCUT2D eigenvalue weighted by atomic mass is 10.2. The van der Waals surface area contributed by atoms with Crippen LogP contribution in [0.15, 0.2) is 18.3 Å². The van der Waals surface area contributed by atoms with Gasteiger partial charge in [0.15, 0.2) is 0 Å². The van der Waals surface area contributed by atoms with E-state index >= 15 is 0 Å². The van der Waals surface area contributed by atoms with Crippen LogP contribution in [0.4, 0.5) is 0 Å². The highest BCUT2D eigenvalue weighted by atomic mass is 35.5. The number of nitrogens with zero attached hydrogens (tertiary/aromatic N) is 2. The lowest BCUT2D eigenvalue weighted by Crippen LogP contribution is -2.02. The van der Waals surface area contributed by atoms with E-state index < -0.39 is 0 Å². The van der Waals surface area contributed by atoms with Gasteiger partial charge in [-0.1, -0.05) is 11.6 Å². The second-order valence-electron chi connectivity index (χ2n) is 4.21. The molecule has 0 saturated heterocycles. The molecule has 0 aliphatic rings. The van der Waals surface area contributed by atoms with Crippen LogP contribution in [-0.4, -0.2) is 20.9 Å². The van der Waals surface area contributed by atoms with Crippen molar-refractivity contribution in [3.05, 3.63) is 34.6 Å². The van der Waals surface area contributed by atoms with Crippen molar-refractivity contribution < 1.29 is 0 Å². The molecule has 88 valence electrons. The zero-order valence-corrected chi connectivity index (χ0v) is 10.3. The number of rotatable bonds is 2. The molecule has 17 heavy (non-hydrogen) atoms. The standard InChI is InChI=1S/C12H13ClN4/c1-7-4-8(13)5-10-11(7)16-12-15-9(2-3-14)6-17(10)12/h4-6H,2-3,14H2,1H3,(H,15,16). The Balaban J connectivity index is 2.32. The smallest absolute Gasteiger partial charge is 0.212 e. The predicted molar refractivity (Wildman–Crippen MR) is 69.6 cm³/mol. The van der Waals surface area contributed by atoms with E-state index in [1.807, 2.05) is 29.7 Å². The van der Waals surface area contributed by atoms with Gasteiger partial charge in [0, 0.05) is 23.3 Å². The van der Waals surface area contributed by atoms with Gasteiger partial charge in [0.05, 0.1) is 11.0 Å². The highest BCUT2D eigenvalue weighted by Gasteiger charge is 2.10. The minimum absolute atomic E-state index is 0.626. The third-order valence-electron chi connectivity index (χ3n) is 2.92. The third-order valence-corrected chi connectivity index (χ3v) is 3.14. The average Bonchev–Trinajstić information content (AvgIpc) is 2.77. The van der Waals surface area contributed by atoms with Gasteiger partial charge in [0.1, 0.15) is 0 Å². The van der Waals surface area contributed by atoms with Crippen molar-refractivity contribution in [1.82, 2.24) is 14.4 Å². The zero-order valence-electron chi connectivity index (χ0n) is 9.50. The van der Waals surface area contributed by atoms with Gasteiger partial charge in [0.25, 0.3) is 0 Å². The summed E-state index contributed by atoms with van der Waals surface area (Å²) in [6.45, 7) is 2.64. The van der Waals surface area contributed by atoms with Gasteiger partial charge in [-0.3, -0.25) is 4.40 Å². The van der Waals surface area contributed by atoms with Crippen LogP contribution in [0, 0.1) is 6.92 Å². The molecular weight excluding hydrogens is 236 g/mol. The molecule has 0 bridgehead atoms. The highest BCUT2D eigenvalue weighted by Crippen LogP contribution is 2.24. The molecule has 0 aliphatic carbocycles. The first-order valence-electron chi connectivity index (χ1n) is 5.55. The van der Waals surface area contributed by atoms with E-state index in [0.717, 1.165) is 39.5 Å². The van der Waals surface area contributed by atoms with Crippen LogP contribution in [0.1, 0.15) is 11.3 Å². The molecule has 0 atom stereocenters. The molecular formula is C12H13ClN4. The van der Waals surface area contributed by atoms with E-state index in [1.165, 1.54) is 0 Å². The fourth-order valence-corrected chi connectivity index (χ4v) is 2.42. The van der Waals surface area contributed by atoms with Crippen molar-refractivity contribution >= 4 is 28.4 Å². The van der Waals surface area contributed by atoms with Crippen LogP contribution in [-0.2, 0) is 6.42 Å². The highest BCUT2D eigenvalue weighted by molar-refractivity contribution is 6.31. The van der Waals surface area contributed by atoms with E-state index in [1.54, 1.807) is 0 Å². The maximum atomic E-state index is 6.08. The lowest BCUT2D eigenvalue weighted by molar-refractivity contribution is 0.936. The quantitative estimate of drug-likeness (QED) is 0.731. The van der Waals surface area contributed by atoms with Crippen LogP contribution in [0.3, 0.4) is 0 Å². The Kier molecular flexibility index (Phi) is 2.34. The maximum Gasteiger partial charge on any atom is 0.212 e. The zero-order chi connectivity index (χ0) is 12.0. The number of nitrogens with two attached hydrogens (primary N) is 1. The van der Waals surface area contributed by atoms with Gasteiger partial charge in [-0.05, 0) is 31.2 Å². The van der Waals surface area contributed by atoms with Gasteiger partial charge >= 0.3 is 0 Å². The topological polar surface area (TPSA) is 59.1 Å². The molecule has 4 nitrogen and oxygen atoms in total. The summed E-state index contributed by atoms with van der Waals surface area (Å²) in [4.78, 5) is 7.83. The maximum absolute atomic E-state index is 6.08. The number of hydrogen-bond donors (Lipinski definition) is 2. The van der Waals surface area contributed by atoms with E-state index in [2.05, 4.69) is 9.97 Å². The average molecular weight is 249 g/mol. The third kappa shape index (κ3) is 1.61. The van der Waals surface area contributed by atoms with Crippen LogP contribution < -0.4 is 5.73 Å². The molecule has 1 aromatic carbocycles. The second kappa shape index (κ2) is 3.75. The van der Waals surface area contributed by atoms with Crippen molar-refractivity contribution in [2.45, 2.75) is 13.3 Å².